The third-order valence-electron chi connectivity index (χ3n) is 0.914. The molecule has 0 aliphatic carbocycles. The molecule has 0 aromatic carbocycles. The van der Waals surface area contributed by atoms with E-state index in [4.69, 9.17) is 17.1 Å². The lowest BCUT2D eigenvalue weighted by Gasteiger charge is -2.10. The lowest BCUT2D eigenvalue weighted by atomic mass is 10.6. The Morgan fingerprint density at radius 2 is 2.78 bits per heavy atom. The SMILES string of the molecule is [2H]C1([2H])NC(=O)N(CCCl)C1([2H])[2H]. The molecule has 9 heavy (non-hydrogen) atoms. The predicted molar refractivity (Wildman–Crippen MR) is 35.7 cm³/mol. The average molecular weight is 153 g/mol. The van der Waals surface area contributed by atoms with Gasteiger partial charge < -0.3 is 10.2 Å². The maximum atomic E-state index is 11.1. The third kappa shape index (κ3) is 1.48. The van der Waals surface area contributed by atoms with Gasteiger partial charge in [0.15, 0.2) is 0 Å². The van der Waals surface area contributed by atoms with Gasteiger partial charge in [0.1, 0.15) is 0 Å². The van der Waals surface area contributed by atoms with E-state index in [1.54, 1.807) is 0 Å². The molecule has 4 heteroatoms. The minimum Gasteiger partial charge on any atom is -0.336 e. The fourth-order valence-corrected chi connectivity index (χ4v) is 0.678. The van der Waals surface area contributed by atoms with E-state index in [-0.39, 0.29) is 12.4 Å². The first-order chi connectivity index (χ1) is 5.83. The highest BCUT2D eigenvalue weighted by Gasteiger charge is 2.17. The topological polar surface area (TPSA) is 32.3 Å². The smallest absolute Gasteiger partial charge is 0.317 e. The van der Waals surface area contributed by atoms with Crippen molar-refractivity contribution in [1.29, 1.82) is 0 Å². The van der Waals surface area contributed by atoms with Crippen molar-refractivity contribution in [2.24, 2.45) is 0 Å². The van der Waals surface area contributed by atoms with Gasteiger partial charge in [-0.3, -0.25) is 0 Å². The molecule has 0 aromatic rings. The molecule has 0 aromatic heterocycles. The van der Waals surface area contributed by atoms with E-state index < -0.39 is 19.0 Å². The standard InChI is InChI=1S/C5H9ClN2O/c6-1-3-8-4-2-7-5(8)9/h1-4H2,(H,7,9)/i2D2,4D2. The van der Waals surface area contributed by atoms with Crippen molar-refractivity contribution < 1.29 is 10.3 Å². The quantitative estimate of drug-likeness (QED) is 0.566. The molecule has 1 rings (SSSR count). The number of urea groups is 1. The number of amides is 2. The number of rotatable bonds is 2. The monoisotopic (exact) mass is 152 g/mol. The zero-order valence-corrected chi connectivity index (χ0v) is 5.40. The molecule has 0 atom stereocenters. The van der Waals surface area contributed by atoms with Crippen molar-refractivity contribution in [1.82, 2.24) is 10.2 Å². The summed E-state index contributed by atoms with van der Waals surface area (Å²) in [5, 5.41) is 1.90. The van der Waals surface area contributed by atoms with Crippen LogP contribution in [0.4, 0.5) is 4.79 Å². The van der Waals surface area contributed by atoms with E-state index in [2.05, 4.69) is 0 Å². The highest BCUT2D eigenvalue weighted by molar-refractivity contribution is 6.18. The maximum Gasteiger partial charge on any atom is 0.317 e. The Kier molecular flexibility index (Phi) is 1.01. The summed E-state index contributed by atoms with van der Waals surface area (Å²) in [6.45, 7) is -4.73. The van der Waals surface area contributed by atoms with Crippen LogP contribution in [0.15, 0.2) is 0 Å². The van der Waals surface area contributed by atoms with Gasteiger partial charge >= 0.3 is 6.03 Å². The first-order valence-corrected chi connectivity index (χ1v) is 3.02. The number of nitrogens with zero attached hydrogens (tertiary/aromatic N) is 1. The maximum absolute atomic E-state index is 11.1. The molecule has 2 amide bonds. The first kappa shape index (κ1) is 3.10. The van der Waals surface area contributed by atoms with E-state index in [1.165, 1.54) is 0 Å². The molecule has 0 bridgehead atoms. The summed E-state index contributed by atoms with van der Waals surface area (Å²) in [6.07, 6.45) is 0. The Labute approximate surface area is 64.6 Å². The molecule has 1 aliphatic rings. The van der Waals surface area contributed by atoms with Gasteiger partial charge in [-0.2, -0.15) is 0 Å². The van der Waals surface area contributed by atoms with Crippen LogP contribution in [0.2, 0.25) is 0 Å². The normalized spacial score (nSPS) is 36.1. The van der Waals surface area contributed by atoms with E-state index in [0.29, 0.717) is 0 Å². The number of carbonyl (C=O) groups excluding carboxylic acids is 1. The molecule has 1 aliphatic heterocycles. The molecular formula is C5H9ClN2O. The second kappa shape index (κ2) is 2.92. The zero-order chi connectivity index (χ0) is 10.3. The number of hydrogen-bond donors (Lipinski definition) is 1. The van der Waals surface area contributed by atoms with Crippen LogP contribution in [0.25, 0.3) is 0 Å². The van der Waals surface area contributed by atoms with Crippen LogP contribution in [-0.2, 0) is 0 Å². The Bertz CT molecular complexity index is 235. The van der Waals surface area contributed by atoms with Crippen LogP contribution < -0.4 is 5.32 Å². The first-order valence-electron chi connectivity index (χ1n) is 4.48. The Hall–Kier alpha value is -0.440. The molecule has 1 fully saturated rings. The van der Waals surface area contributed by atoms with E-state index >= 15 is 0 Å². The lowest BCUT2D eigenvalue weighted by Crippen LogP contribution is -2.29. The number of nitrogens with one attached hydrogen (secondary N) is 1. The molecule has 0 unspecified atom stereocenters. The van der Waals surface area contributed by atoms with Gasteiger partial charge in [0.2, 0.25) is 0 Å². The molecule has 0 spiro atoms. The van der Waals surface area contributed by atoms with Crippen LogP contribution >= 0.6 is 11.6 Å². The van der Waals surface area contributed by atoms with Crippen molar-refractivity contribution in [2.75, 3.05) is 25.4 Å². The van der Waals surface area contributed by atoms with Crippen LogP contribution in [-0.4, -0.2) is 36.3 Å². The summed E-state index contributed by atoms with van der Waals surface area (Å²) in [7, 11) is 0. The minimum absolute atomic E-state index is 0.0140. The number of halogens is 1. The summed E-state index contributed by atoms with van der Waals surface area (Å²) in [4.78, 5) is 11.8. The largest absolute Gasteiger partial charge is 0.336 e. The van der Waals surface area contributed by atoms with Crippen molar-refractivity contribution in [2.45, 2.75) is 0 Å². The van der Waals surface area contributed by atoms with E-state index in [9.17, 15) is 4.79 Å². The summed E-state index contributed by atoms with van der Waals surface area (Å²) in [6, 6.07) is -0.768. The van der Waals surface area contributed by atoms with Crippen molar-refractivity contribution >= 4 is 17.6 Å². The van der Waals surface area contributed by atoms with Crippen LogP contribution in [0.3, 0.4) is 0 Å². The third-order valence-corrected chi connectivity index (χ3v) is 1.08. The van der Waals surface area contributed by atoms with E-state index in [1.807, 2.05) is 5.32 Å². The molecule has 1 heterocycles. The molecule has 3 nitrogen and oxygen atoms in total. The minimum atomic E-state index is -2.36. The van der Waals surface area contributed by atoms with Gasteiger partial charge in [-0.05, 0) is 0 Å². The van der Waals surface area contributed by atoms with Crippen LogP contribution in [0.1, 0.15) is 5.48 Å². The predicted octanol–water partition coefficient (Wildman–Crippen LogP) is 0.250. The highest BCUT2D eigenvalue weighted by Crippen LogP contribution is 1.95. The molecule has 1 saturated heterocycles. The second-order valence-corrected chi connectivity index (χ2v) is 1.89. The average Bonchev–Trinajstić information content (AvgIpc) is 2.10. The van der Waals surface area contributed by atoms with E-state index in [0.717, 1.165) is 4.90 Å². The molecule has 0 saturated carbocycles. The van der Waals surface area contributed by atoms with Crippen LogP contribution in [0.5, 0.6) is 0 Å². The Morgan fingerprint density at radius 1 is 2.00 bits per heavy atom. The second-order valence-electron chi connectivity index (χ2n) is 1.51. The van der Waals surface area contributed by atoms with Gasteiger partial charge in [-0.1, -0.05) is 0 Å². The van der Waals surface area contributed by atoms with Crippen molar-refractivity contribution in [3.05, 3.63) is 0 Å². The number of hydrogen-bond acceptors (Lipinski definition) is 1. The number of alkyl halides is 1. The zero-order valence-electron chi connectivity index (χ0n) is 8.65. The molecular weight excluding hydrogens is 140 g/mol. The fraction of sp³-hybridized carbons (Fsp3) is 0.800. The van der Waals surface area contributed by atoms with Crippen molar-refractivity contribution in [3.8, 4) is 0 Å². The van der Waals surface area contributed by atoms with Crippen LogP contribution in [0, 0.1) is 0 Å². The summed E-state index contributed by atoms with van der Waals surface area (Å²) < 4.78 is 29.1. The van der Waals surface area contributed by atoms with Crippen molar-refractivity contribution in [3.63, 3.8) is 0 Å². The van der Waals surface area contributed by atoms with Gasteiger partial charge in [0.05, 0.1) is 5.48 Å². The Balaban J connectivity index is 2.91. The van der Waals surface area contributed by atoms with Gasteiger partial charge in [0.25, 0.3) is 0 Å². The lowest BCUT2D eigenvalue weighted by molar-refractivity contribution is 0.220. The van der Waals surface area contributed by atoms with Gasteiger partial charge in [-0.15, -0.1) is 11.6 Å². The summed E-state index contributed by atoms with van der Waals surface area (Å²) >= 11 is 5.36. The molecule has 0 radical (unpaired) electrons. The van der Waals surface area contributed by atoms with Gasteiger partial charge in [-0.25, -0.2) is 4.79 Å². The fourth-order valence-electron chi connectivity index (χ4n) is 0.509. The number of carbonyl (C=O) groups is 1. The van der Waals surface area contributed by atoms with Gasteiger partial charge in [0, 0.05) is 25.4 Å². The molecule has 1 N–H and O–H groups in total. The summed E-state index contributed by atoms with van der Waals surface area (Å²) in [5.74, 6) is 0.0724. The molecule has 52 valence electrons. The summed E-state index contributed by atoms with van der Waals surface area (Å²) in [5.41, 5.74) is 0. The highest BCUT2D eigenvalue weighted by atomic mass is 35.5. The Morgan fingerprint density at radius 3 is 3.22 bits per heavy atom.